The van der Waals surface area contributed by atoms with Crippen molar-refractivity contribution < 1.29 is 8.42 Å². The quantitative estimate of drug-likeness (QED) is 0.829. The molecular formula is C11H15N3O2S. The molecule has 1 rings (SSSR count). The Morgan fingerprint density at radius 2 is 2.29 bits per heavy atom. The molecule has 0 spiro atoms. The van der Waals surface area contributed by atoms with Crippen LogP contribution in [0.15, 0.2) is 18.3 Å². The summed E-state index contributed by atoms with van der Waals surface area (Å²) in [7, 11) is -3.23. The van der Waals surface area contributed by atoms with Crippen LogP contribution in [0, 0.1) is 11.3 Å². The molecule has 0 amide bonds. The van der Waals surface area contributed by atoms with Crippen LogP contribution in [0.4, 0.5) is 0 Å². The zero-order valence-corrected chi connectivity index (χ0v) is 10.4. The molecule has 1 atom stereocenters. The van der Waals surface area contributed by atoms with E-state index in [1.54, 1.807) is 19.1 Å². The molecule has 1 aromatic rings. The standard InChI is InChI=1S/C11H15N3O2S/c1-9(13)4-6-17(15,16)8-10-3-2-5-14-11(10)7-12/h2-3,5,9H,4,6,8,13H2,1H3. The highest BCUT2D eigenvalue weighted by atomic mass is 32.2. The Kier molecular flexibility index (Phi) is 4.61. The Morgan fingerprint density at radius 1 is 1.59 bits per heavy atom. The minimum atomic E-state index is -3.23. The van der Waals surface area contributed by atoms with Crippen LogP contribution in [0.3, 0.4) is 0 Å². The van der Waals surface area contributed by atoms with Gasteiger partial charge in [-0.15, -0.1) is 0 Å². The van der Waals surface area contributed by atoms with E-state index < -0.39 is 9.84 Å². The van der Waals surface area contributed by atoms with Crippen LogP contribution in [0.1, 0.15) is 24.6 Å². The second-order valence-corrected chi connectivity index (χ2v) is 6.16. The lowest BCUT2D eigenvalue weighted by atomic mass is 10.2. The van der Waals surface area contributed by atoms with Crippen molar-refractivity contribution in [3.8, 4) is 6.07 Å². The highest BCUT2D eigenvalue weighted by molar-refractivity contribution is 7.90. The molecule has 0 saturated carbocycles. The molecule has 1 aromatic heterocycles. The summed E-state index contributed by atoms with van der Waals surface area (Å²) in [6.07, 6.45) is 1.89. The Hall–Kier alpha value is -1.45. The number of nitriles is 1. The van der Waals surface area contributed by atoms with Crippen molar-refractivity contribution in [3.05, 3.63) is 29.6 Å². The summed E-state index contributed by atoms with van der Waals surface area (Å²) >= 11 is 0. The third kappa shape index (κ3) is 4.51. The van der Waals surface area contributed by atoms with Crippen LogP contribution in [-0.4, -0.2) is 25.2 Å². The molecule has 0 aliphatic rings. The van der Waals surface area contributed by atoms with E-state index in [4.69, 9.17) is 11.0 Å². The number of pyridine rings is 1. The Labute approximate surface area is 101 Å². The van der Waals surface area contributed by atoms with E-state index >= 15 is 0 Å². The molecule has 0 aliphatic heterocycles. The van der Waals surface area contributed by atoms with Crippen molar-refractivity contribution in [2.75, 3.05) is 5.75 Å². The fraction of sp³-hybridized carbons (Fsp3) is 0.455. The maximum absolute atomic E-state index is 11.8. The second kappa shape index (κ2) is 5.75. The molecule has 0 bridgehead atoms. The molecule has 0 aromatic carbocycles. The van der Waals surface area contributed by atoms with Gasteiger partial charge in [0.05, 0.1) is 11.5 Å². The van der Waals surface area contributed by atoms with Crippen LogP contribution in [0.25, 0.3) is 0 Å². The van der Waals surface area contributed by atoms with Crippen LogP contribution in [0.5, 0.6) is 0 Å². The van der Waals surface area contributed by atoms with E-state index in [1.165, 1.54) is 6.20 Å². The molecule has 1 unspecified atom stereocenters. The van der Waals surface area contributed by atoms with E-state index in [9.17, 15) is 8.42 Å². The molecule has 0 fully saturated rings. The van der Waals surface area contributed by atoms with Gasteiger partial charge in [-0.3, -0.25) is 0 Å². The van der Waals surface area contributed by atoms with E-state index in [2.05, 4.69) is 4.98 Å². The molecular weight excluding hydrogens is 238 g/mol. The third-order valence-corrected chi connectivity index (χ3v) is 3.87. The fourth-order valence-electron chi connectivity index (χ4n) is 1.33. The van der Waals surface area contributed by atoms with Crippen molar-refractivity contribution in [1.82, 2.24) is 4.98 Å². The number of hydrogen-bond acceptors (Lipinski definition) is 5. The van der Waals surface area contributed by atoms with Crippen LogP contribution >= 0.6 is 0 Å². The minimum absolute atomic E-state index is 0.0322. The number of aromatic nitrogens is 1. The Bertz CT molecular complexity index is 518. The Balaban J connectivity index is 2.80. The zero-order chi connectivity index (χ0) is 12.9. The molecule has 17 heavy (non-hydrogen) atoms. The molecule has 1 heterocycles. The van der Waals surface area contributed by atoms with E-state index in [1.807, 2.05) is 6.07 Å². The molecule has 92 valence electrons. The third-order valence-electron chi connectivity index (χ3n) is 2.26. The van der Waals surface area contributed by atoms with E-state index in [0.717, 1.165) is 0 Å². The van der Waals surface area contributed by atoms with E-state index in [0.29, 0.717) is 12.0 Å². The van der Waals surface area contributed by atoms with E-state index in [-0.39, 0.29) is 23.2 Å². The Morgan fingerprint density at radius 3 is 2.88 bits per heavy atom. The molecule has 0 aliphatic carbocycles. The van der Waals surface area contributed by atoms with Crippen molar-refractivity contribution >= 4 is 9.84 Å². The van der Waals surface area contributed by atoms with Crippen LogP contribution in [-0.2, 0) is 15.6 Å². The van der Waals surface area contributed by atoms with Gasteiger partial charge in [-0.1, -0.05) is 6.07 Å². The first-order valence-electron chi connectivity index (χ1n) is 5.24. The molecule has 2 N–H and O–H groups in total. The van der Waals surface area contributed by atoms with Gasteiger partial charge in [-0.05, 0) is 19.4 Å². The summed E-state index contributed by atoms with van der Waals surface area (Å²) in [4.78, 5) is 3.83. The first-order chi connectivity index (χ1) is 7.94. The van der Waals surface area contributed by atoms with Crippen molar-refractivity contribution in [2.45, 2.75) is 25.1 Å². The predicted molar refractivity (Wildman–Crippen MR) is 64.7 cm³/mol. The van der Waals surface area contributed by atoms with Crippen LogP contribution in [0.2, 0.25) is 0 Å². The molecule has 0 saturated heterocycles. The lowest BCUT2D eigenvalue weighted by Crippen LogP contribution is -2.21. The summed E-state index contributed by atoms with van der Waals surface area (Å²) < 4.78 is 23.6. The summed E-state index contributed by atoms with van der Waals surface area (Å²) in [5.41, 5.74) is 6.13. The van der Waals surface area contributed by atoms with Crippen molar-refractivity contribution in [2.24, 2.45) is 5.73 Å². The van der Waals surface area contributed by atoms with Gasteiger partial charge in [0.2, 0.25) is 0 Å². The smallest absolute Gasteiger partial charge is 0.154 e. The van der Waals surface area contributed by atoms with Gasteiger partial charge in [0.15, 0.2) is 9.84 Å². The number of nitrogens with two attached hydrogens (primary N) is 1. The van der Waals surface area contributed by atoms with Gasteiger partial charge in [-0.25, -0.2) is 13.4 Å². The first-order valence-corrected chi connectivity index (χ1v) is 7.07. The monoisotopic (exact) mass is 253 g/mol. The summed E-state index contributed by atoms with van der Waals surface area (Å²) in [5, 5.41) is 8.81. The maximum Gasteiger partial charge on any atom is 0.154 e. The largest absolute Gasteiger partial charge is 0.328 e. The number of hydrogen-bond donors (Lipinski definition) is 1. The minimum Gasteiger partial charge on any atom is -0.328 e. The summed E-state index contributed by atoms with van der Waals surface area (Å²) in [6.45, 7) is 1.76. The van der Waals surface area contributed by atoms with Gasteiger partial charge in [-0.2, -0.15) is 5.26 Å². The second-order valence-electron chi connectivity index (χ2n) is 3.98. The maximum atomic E-state index is 11.8. The normalized spacial score (nSPS) is 13.0. The highest BCUT2D eigenvalue weighted by Crippen LogP contribution is 2.10. The van der Waals surface area contributed by atoms with Gasteiger partial charge in [0.25, 0.3) is 0 Å². The lowest BCUT2D eigenvalue weighted by Gasteiger charge is -2.07. The fourth-order valence-corrected chi connectivity index (χ4v) is 2.91. The zero-order valence-electron chi connectivity index (χ0n) is 9.63. The van der Waals surface area contributed by atoms with Gasteiger partial charge in [0.1, 0.15) is 11.8 Å². The average molecular weight is 253 g/mol. The summed E-state index contributed by atoms with van der Waals surface area (Å²) in [6, 6.07) is 4.97. The van der Waals surface area contributed by atoms with Gasteiger partial charge < -0.3 is 5.73 Å². The molecule has 6 heteroatoms. The lowest BCUT2D eigenvalue weighted by molar-refractivity contribution is 0.586. The number of nitrogens with zero attached hydrogens (tertiary/aromatic N) is 2. The highest BCUT2D eigenvalue weighted by Gasteiger charge is 2.15. The topological polar surface area (TPSA) is 96.8 Å². The molecule has 5 nitrogen and oxygen atoms in total. The number of rotatable bonds is 5. The van der Waals surface area contributed by atoms with Crippen molar-refractivity contribution in [3.63, 3.8) is 0 Å². The first kappa shape index (κ1) is 13.6. The molecule has 0 radical (unpaired) electrons. The summed E-state index contributed by atoms with van der Waals surface area (Å²) in [5.74, 6) is -0.124. The van der Waals surface area contributed by atoms with Gasteiger partial charge >= 0.3 is 0 Å². The SMILES string of the molecule is CC(N)CCS(=O)(=O)Cc1cccnc1C#N. The van der Waals surface area contributed by atoms with Gasteiger partial charge in [0, 0.05) is 17.8 Å². The average Bonchev–Trinajstić information content (AvgIpc) is 2.27. The van der Waals surface area contributed by atoms with Crippen molar-refractivity contribution in [1.29, 1.82) is 5.26 Å². The predicted octanol–water partition coefficient (Wildman–Crippen LogP) is 0.605. The van der Waals surface area contributed by atoms with Crippen LogP contribution < -0.4 is 5.73 Å². The number of sulfone groups is 1.